The van der Waals surface area contributed by atoms with E-state index in [9.17, 15) is 10.1 Å². The van der Waals surface area contributed by atoms with Gasteiger partial charge in [0.05, 0.1) is 5.56 Å². The van der Waals surface area contributed by atoms with Crippen molar-refractivity contribution in [2.75, 3.05) is 5.32 Å². The highest BCUT2D eigenvalue weighted by molar-refractivity contribution is 7.16. The van der Waals surface area contributed by atoms with Gasteiger partial charge in [-0.25, -0.2) is 0 Å². The van der Waals surface area contributed by atoms with E-state index in [1.54, 1.807) is 18.3 Å². The van der Waals surface area contributed by atoms with Gasteiger partial charge in [0.25, 0.3) is 0 Å². The van der Waals surface area contributed by atoms with Crippen molar-refractivity contribution in [1.29, 1.82) is 5.26 Å². The molecule has 1 aliphatic rings. The predicted molar refractivity (Wildman–Crippen MR) is 78.9 cm³/mol. The second kappa shape index (κ2) is 6.40. The van der Waals surface area contributed by atoms with E-state index in [0.29, 0.717) is 10.6 Å². The second-order valence-electron chi connectivity index (χ2n) is 4.84. The summed E-state index contributed by atoms with van der Waals surface area (Å²) in [6.45, 7) is 1.63. The average molecular weight is 297 g/mol. The molecule has 1 atom stereocenters. The van der Waals surface area contributed by atoms with Crippen LogP contribution in [0.5, 0.6) is 0 Å². The minimum Gasteiger partial charge on any atom is -0.315 e. The molecule has 0 aliphatic heterocycles. The van der Waals surface area contributed by atoms with Crippen molar-refractivity contribution >= 4 is 33.8 Å². The molecular weight excluding hydrogens is 280 g/mol. The predicted octanol–water partition coefficient (Wildman–Crippen LogP) is 3.84. The van der Waals surface area contributed by atoms with Crippen molar-refractivity contribution in [1.82, 2.24) is 0 Å². The molecule has 1 heterocycles. The minimum atomic E-state index is -0.587. The fraction of sp³-hybridized carbons (Fsp3) is 0.571. The van der Waals surface area contributed by atoms with Gasteiger partial charge < -0.3 is 5.32 Å². The zero-order valence-electron chi connectivity index (χ0n) is 11.0. The Balaban J connectivity index is 2.31. The van der Waals surface area contributed by atoms with Gasteiger partial charge in [-0.1, -0.05) is 12.8 Å². The first kappa shape index (κ1) is 14.4. The Kier molecular flexibility index (Phi) is 4.84. The number of hydrogen-bond donors (Lipinski definition) is 1. The second-order valence-corrected chi connectivity index (χ2v) is 6.60. The fourth-order valence-corrected chi connectivity index (χ4v) is 3.63. The summed E-state index contributed by atoms with van der Waals surface area (Å²) >= 11 is 7.30. The summed E-state index contributed by atoms with van der Waals surface area (Å²) < 4.78 is 0. The summed E-state index contributed by atoms with van der Waals surface area (Å²) in [6, 6.07) is 2.25. The first-order valence-corrected chi connectivity index (χ1v) is 7.88. The van der Waals surface area contributed by atoms with Gasteiger partial charge >= 0.3 is 0 Å². The number of halogens is 1. The first-order valence-electron chi connectivity index (χ1n) is 6.63. The Morgan fingerprint density at radius 2 is 2.05 bits per heavy atom. The lowest BCUT2D eigenvalue weighted by molar-refractivity contribution is -0.115. The van der Waals surface area contributed by atoms with Crippen LogP contribution in [0.4, 0.5) is 5.00 Å². The van der Waals surface area contributed by atoms with Gasteiger partial charge in [-0.3, -0.25) is 4.79 Å². The van der Waals surface area contributed by atoms with E-state index >= 15 is 0 Å². The third-order valence-electron chi connectivity index (χ3n) is 3.38. The summed E-state index contributed by atoms with van der Waals surface area (Å²) in [5, 5.41) is 12.2. The molecule has 2 rings (SSSR count). The number of thiophene rings is 1. The van der Waals surface area contributed by atoms with Gasteiger partial charge in [0, 0.05) is 4.88 Å². The number of alkyl halides is 1. The smallest absolute Gasteiger partial charge is 0.242 e. The zero-order valence-corrected chi connectivity index (χ0v) is 12.5. The molecule has 1 N–H and O–H groups in total. The number of fused-ring (bicyclic) bond motifs is 1. The highest BCUT2D eigenvalue weighted by atomic mass is 35.5. The first-order chi connectivity index (χ1) is 9.13. The SMILES string of the molecule is C[C@@H](Cl)C(=O)Nc1sc2c(c1C#N)CCCCCC2. The lowest BCUT2D eigenvalue weighted by atomic mass is 9.97. The Bertz CT molecular complexity index is 516. The summed E-state index contributed by atoms with van der Waals surface area (Å²) in [6.07, 6.45) is 6.72. The van der Waals surface area contributed by atoms with Gasteiger partial charge in [0.15, 0.2) is 0 Å². The number of hydrogen-bond acceptors (Lipinski definition) is 3. The Labute approximate surface area is 122 Å². The monoisotopic (exact) mass is 296 g/mol. The highest BCUT2D eigenvalue weighted by Gasteiger charge is 2.21. The number of carbonyl (C=O) groups is 1. The number of amides is 1. The van der Waals surface area contributed by atoms with E-state index in [4.69, 9.17) is 11.6 Å². The molecule has 0 saturated heterocycles. The molecule has 0 saturated carbocycles. The Hall–Kier alpha value is -1.05. The van der Waals surface area contributed by atoms with Gasteiger partial charge in [-0.2, -0.15) is 5.26 Å². The van der Waals surface area contributed by atoms with Gasteiger partial charge in [-0.05, 0) is 38.2 Å². The Morgan fingerprint density at radius 3 is 2.68 bits per heavy atom. The van der Waals surface area contributed by atoms with Crippen LogP contribution in [0.15, 0.2) is 0 Å². The molecule has 0 aromatic carbocycles. The molecule has 0 bridgehead atoms. The van der Waals surface area contributed by atoms with Gasteiger partial charge in [-0.15, -0.1) is 22.9 Å². The van der Waals surface area contributed by atoms with Crippen molar-refractivity contribution < 1.29 is 4.79 Å². The minimum absolute atomic E-state index is 0.243. The van der Waals surface area contributed by atoms with Gasteiger partial charge in [0.1, 0.15) is 16.4 Å². The quantitative estimate of drug-likeness (QED) is 0.843. The average Bonchev–Trinajstić information content (AvgIpc) is 2.65. The number of anilines is 1. The van der Waals surface area contributed by atoms with Crippen molar-refractivity contribution in [2.45, 2.75) is 50.8 Å². The molecule has 3 nitrogen and oxygen atoms in total. The van der Waals surface area contributed by atoms with E-state index in [-0.39, 0.29) is 5.91 Å². The van der Waals surface area contributed by atoms with E-state index in [1.807, 2.05) is 0 Å². The third-order valence-corrected chi connectivity index (χ3v) is 4.79. The fourth-order valence-electron chi connectivity index (χ4n) is 2.34. The van der Waals surface area contributed by atoms with Crippen molar-refractivity contribution in [3.63, 3.8) is 0 Å². The number of carbonyl (C=O) groups excluding carboxylic acids is 1. The normalized spacial score (nSPS) is 16.7. The lowest BCUT2D eigenvalue weighted by Gasteiger charge is -2.08. The molecular formula is C14H17ClN2OS. The standard InChI is InChI=1S/C14H17ClN2OS/c1-9(15)13(18)17-14-11(8-16)10-6-4-2-3-5-7-12(10)19-14/h9H,2-7H2,1H3,(H,17,18)/t9-/m1/s1. The van der Waals surface area contributed by atoms with E-state index < -0.39 is 5.38 Å². The van der Waals surface area contributed by atoms with Crippen LogP contribution in [0.25, 0.3) is 0 Å². The van der Waals surface area contributed by atoms with Crippen LogP contribution in [-0.2, 0) is 17.6 Å². The van der Waals surface area contributed by atoms with Crippen molar-refractivity contribution in [3.05, 3.63) is 16.0 Å². The largest absolute Gasteiger partial charge is 0.315 e. The molecule has 19 heavy (non-hydrogen) atoms. The summed E-state index contributed by atoms with van der Waals surface area (Å²) in [7, 11) is 0. The summed E-state index contributed by atoms with van der Waals surface area (Å²) in [5.74, 6) is -0.243. The highest BCUT2D eigenvalue weighted by Crippen LogP contribution is 2.36. The zero-order chi connectivity index (χ0) is 13.8. The number of nitriles is 1. The van der Waals surface area contributed by atoms with Crippen LogP contribution in [0.2, 0.25) is 0 Å². The third kappa shape index (κ3) is 3.29. The Morgan fingerprint density at radius 1 is 1.37 bits per heavy atom. The maximum absolute atomic E-state index is 11.7. The molecule has 1 aromatic heterocycles. The number of aryl methyl sites for hydroxylation is 1. The van der Waals surface area contributed by atoms with Gasteiger partial charge in [0.2, 0.25) is 5.91 Å². The number of rotatable bonds is 2. The summed E-state index contributed by atoms with van der Waals surface area (Å²) in [5.41, 5.74) is 1.79. The number of nitrogens with one attached hydrogen (secondary N) is 1. The van der Waals surface area contributed by atoms with Crippen LogP contribution < -0.4 is 5.32 Å². The van der Waals surface area contributed by atoms with E-state index in [1.165, 1.54) is 17.7 Å². The molecule has 0 spiro atoms. The topological polar surface area (TPSA) is 52.9 Å². The molecule has 5 heteroatoms. The van der Waals surface area contributed by atoms with Crippen LogP contribution in [0, 0.1) is 11.3 Å². The van der Waals surface area contributed by atoms with Crippen molar-refractivity contribution in [3.8, 4) is 6.07 Å². The van der Waals surface area contributed by atoms with Crippen LogP contribution in [-0.4, -0.2) is 11.3 Å². The van der Waals surface area contributed by atoms with E-state index in [2.05, 4.69) is 11.4 Å². The van der Waals surface area contributed by atoms with Crippen LogP contribution in [0.1, 0.15) is 48.6 Å². The van der Waals surface area contributed by atoms with Crippen LogP contribution in [0.3, 0.4) is 0 Å². The molecule has 0 fully saturated rings. The summed E-state index contributed by atoms with van der Waals surface area (Å²) in [4.78, 5) is 12.9. The molecule has 1 aliphatic carbocycles. The van der Waals surface area contributed by atoms with Crippen LogP contribution >= 0.6 is 22.9 Å². The maximum Gasteiger partial charge on any atom is 0.242 e. The lowest BCUT2D eigenvalue weighted by Crippen LogP contribution is -2.20. The van der Waals surface area contributed by atoms with Crippen molar-refractivity contribution in [2.24, 2.45) is 0 Å². The molecule has 0 radical (unpaired) electrons. The van der Waals surface area contributed by atoms with E-state index in [0.717, 1.165) is 31.2 Å². The molecule has 1 aromatic rings. The molecule has 102 valence electrons. The number of nitrogens with zero attached hydrogens (tertiary/aromatic N) is 1. The molecule has 0 unspecified atom stereocenters. The maximum atomic E-state index is 11.7. The molecule has 1 amide bonds.